The van der Waals surface area contributed by atoms with E-state index in [-0.39, 0.29) is 0 Å². The Morgan fingerprint density at radius 3 is 2.82 bits per heavy atom. The Labute approximate surface area is 108 Å². The van der Waals surface area contributed by atoms with E-state index in [0.29, 0.717) is 13.0 Å². The van der Waals surface area contributed by atoms with Gasteiger partial charge in [-0.1, -0.05) is 18.5 Å². The van der Waals surface area contributed by atoms with Gasteiger partial charge in [-0.3, -0.25) is 0 Å². The number of halogens is 1. The lowest BCUT2D eigenvalue weighted by atomic mass is 10.1. The quantitative estimate of drug-likeness (QED) is 0.707. The largest absolute Gasteiger partial charge is 0.493 e. The first-order valence-electron chi connectivity index (χ1n) is 5.97. The van der Waals surface area contributed by atoms with Gasteiger partial charge in [-0.15, -0.1) is 0 Å². The summed E-state index contributed by atoms with van der Waals surface area (Å²) in [5.74, 6) is 0.909. The SMILES string of the molecule is CCCOc1cc(C)c(Cl)cc1CCCC#N. The zero-order valence-corrected chi connectivity index (χ0v) is 11.2. The highest BCUT2D eigenvalue weighted by Crippen LogP contribution is 2.28. The van der Waals surface area contributed by atoms with Crippen molar-refractivity contribution in [2.45, 2.75) is 39.5 Å². The van der Waals surface area contributed by atoms with E-state index in [4.69, 9.17) is 21.6 Å². The number of nitriles is 1. The van der Waals surface area contributed by atoms with Gasteiger partial charge >= 0.3 is 0 Å². The highest BCUT2D eigenvalue weighted by Gasteiger charge is 2.07. The molecule has 3 heteroatoms. The summed E-state index contributed by atoms with van der Waals surface area (Å²) in [6, 6.07) is 6.10. The van der Waals surface area contributed by atoms with Crippen molar-refractivity contribution in [2.24, 2.45) is 0 Å². The van der Waals surface area contributed by atoms with Crippen molar-refractivity contribution in [3.8, 4) is 11.8 Å². The van der Waals surface area contributed by atoms with Crippen molar-refractivity contribution < 1.29 is 4.74 Å². The van der Waals surface area contributed by atoms with Crippen LogP contribution in [0, 0.1) is 18.3 Å². The molecule has 0 spiro atoms. The van der Waals surface area contributed by atoms with Gasteiger partial charge in [0.25, 0.3) is 0 Å². The molecular weight excluding hydrogens is 234 g/mol. The summed E-state index contributed by atoms with van der Waals surface area (Å²) in [6.45, 7) is 4.77. The zero-order chi connectivity index (χ0) is 12.7. The fraction of sp³-hybridized carbons (Fsp3) is 0.500. The molecule has 0 fully saturated rings. The van der Waals surface area contributed by atoms with E-state index in [2.05, 4.69) is 13.0 Å². The summed E-state index contributed by atoms with van der Waals surface area (Å²) >= 11 is 6.11. The molecule has 0 aliphatic heterocycles. The van der Waals surface area contributed by atoms with Crippen LogP contribution in [0.1, 0.15) is 37.3 Å². The maximum atomic E-state index is 8.55. The van der Waals surface area contributed by atoms with Gasteiger partial charge in [-0.05, 0) is 49.4 Å². The van der Waals surface area contributed by atoms with E-state index in [1.807, 2.05) is 19.1 Å². The molecule has 0 amide bonds. The van der Waals surface area contributed by atoms with Crippen LogP contribution in [-0.2, 0) is 6.42 Å². The summed E-state index contributed by atoms with van der Waals surface area (Å²) in [5.41, 5.74) is 2.13. The first kappa shape index (κ1) is 13.9. The Morgan fingerprint density at radius 1 is 1.41 bits per heavy atom. The molecule has 1 aromatic rings. The molecule has 92 valence electrons. The van der Waals surface area contributed by atoms with E-state index in [0.717, 1.165) is 41.2 Å². The van der Waals surface area contributed by atoms with Gasteiger partial charge in [0.2, 0.25) is 0 Å². The molecule has 0 atom stereocenters. The van der Waals surface area contributed by atoms with Crippen LogP contribution in [0.15, 0.2) is 12.1 Å². The zero-order valence-electron chi connectivity index (χ0n) is 10.4. The molecule has 0 saturated carbocycles. The lowest BCUT2D eigenvalue weighted by Gasteiger charge is -2.12. The van der Waals surface area contributed by atoms with Crippen molar-refractivity contribution in [2.75, 3.05) is 6.61 Å². The van der Waals surface area contributed by atoms with Gasteiger partial charge < -0.3 is 4.74 Å². The maximum Gasteiger partial charge on any atom is 0.122 e. The molecule has 0 aromatic heterocycles. The normalized spacial score (nSPS) is 10.0. The first-order chi connectivity index (χ1) is 8.19. The molecule has 0 aliphatic rings. The van der Waals surface area contributed by atoms with Gasteiger partial charge in [-0.2, -0.15) is 5.26 Å². The smallest absolute Gasteiger partial charge is 0.122 e. The summed E-state index contributed by atoms with van der Waals surface area (Å²) in [7, 11) is 0. The van der Waals surface area contributed by atoms with Crippen LogP contribution >= 0.6 is 11.6 Å². The lowest BCUT2D eigenvalue weighted by Crippen LogP contribution is -2.00. The van der Waals surface area contributed by atoms with Gasteiger partial charge in [0, 0.05) is 11.4 Å². The monoisotopic (exact) mass is 251 g/mol. The lowest BCUT2D eigenvalue weighted by molar-refractivity contribution is 0.314. The van der Waals surface area contributed by atoms with Gasteiger partial charge in [0.05, 0.1) is 12.7 Å². The van der Waals surface area contributed by atoms with Crippen molar-refractivity contribution in [1.29, 1.82) is 5.26 Å². The van der Waals surface area contributed by atoms with Gasteiger partial charge in [0.1, 0.15) is 5.75 Å². The van der Waals surface area contributed by atoms with E-state index < -0.39 is 0 Å². The van der Waals surface area contributed by atoms with Crippen LogP contribution in [0.4, 0.5) is 0 Å². The summed E-state index contributed by atoms with van der Waals surface area (Å²) < 4.78 is 5.71. The number of unbranched alkanes of at least 4 members (excludes halogenated alkanes) is 1. The Balaban J connectivity index is 2.83. The average molecular weight is 252 g/mol. The molecular formula is C14H18ClNO. The van der Waals surface area contributed by atoms with E-state index in [9.17, 15) is 0 Å². The minimum Gasteiger partial charge on any atom is -0.493 e. The Morgan fingerprint density at radius 2 is 2.18 bits per heavy atom. The minimum absolute atomic E-state index is 0.568. The second-order valence-electron chi connectivity index (χ2n) is 4.07. The molecule has 0 aliphatic carbocycles. The number of rotatable bonds is 6. The fourth-order valence-electron chi connectivity index (χ4n) is 1.60. The number of benzene rings is 1. The number of aryl methyl sites for hydroxylation is 2. The molecule has 0 heterocycles. The molecule has 0 saturated heterocycles. The molecule has 0 unspecified atom stereocenters. The highest BCUT2D eigenvalue weighted by atomic mass is 35.5. The van der Waals surface area contributed by atoms with Crippen molar-refractivity contribution >= 4 is 11.6 Å². The average Bonchev–Trinajstić information content (AvgIpc) is 2.32. The predicted octanol–water partition coefficient (Wildman–Crippen LogP) is 4.28. The predicted molar refractivity (Wildman–Crippen MR) is 70.5 cm³/mol. The molecule has 1 rings (SSSR count). The van der Waals surface area contributed by atoms with Crippen LogP contribution in [0.5, 0.6) is 5.75 Å². The third-order valence-corrected chi connectivity index (χ3v) is 2.95. The second kappa shape index (κ2) is 7.19. The first-order valence-corrected chi connectivity index (χ1v) is 6.35. The van der Waals surface area contributed by atoms with Crippen LogP contribution < -0.4 is 4.74 Å². The van der Waals surface area contributed by atoms with E-state index in [1.54, 1.807) is 0 Å². The van der Waals surface area contributed by atoms with Crippen LogP contribution in [0.2, 0.25) is 5.02 Å². The topological polar surface area (TPSA) is 33.0 Å². The van der Waals surface area contributed by atoms with E-state index >= 15 is 0 Å². The Hall–Kier alpha value is -1.20. The second-order valence-corrected chi connectivity index (χ2v) is 4.48. The summed E-state index contributed by atoms with van der Waals surface area (Å²) in [4.78, 5) is 0. The number of hydrogen-bond acceptors (Lipinski definition) is 2. The maximum absolute atomic E-state index is 8.55. The third kappa shape index (κ3) is 4.28. The molecule has 1 aromatic carbocycles. The fourth-order valence-corrected chi connectivity index (χ4v) is 1.78. The molecule has 0 N–H and O–H groups in total. The Kier molecular flexibility index (Phi) is 5.86. The number of nitrogens with zero attached hydrogens (tertiary/aromatic N) is 1. The third-order valence-electron chi connectivity index (χ3n) is 2.54. The van der Waals surface area contributed by atoms with Gasteiger partial charge in [0.15, 0.2) is 0 Å². The van der Waals surface area contributed by atoms with Crippen molar-refractivity contribution in [1.82, 2.24) is 0 Å². The minimum atomic E-state index is 0.568. The van der Waals surface area contributed by atoms with Gasteiger partial charge in [-0.25, -0.2) is 0 Å². The molecule has 0 bridgehead atoms. The van der Waals surface area contributed by atoms with Crippen molar-refractivity contribution in [3.63, 3.8) is 0 Å². The summed E-state index contributed by atoms with van der Waals surface area (Å²) in [6.07, 6.45) is 3.24. The van der Waals surface area contributed by atoms with E-state index in [1.165, 1.54) is 0 Å². The number of ether oxygens (including phenoxy) is 1. The Bertz CT molecular complexity index is 409. The van der Waals surface area contributed by atoms with Crippen LogP contribution in [0.3, 0.4) is 0 Å². The number of hydrogen-bond donors (Lipinski definition) is 0. The molecule has 17 heavy (non-hydrogen) atoms. The highest BCUT2D eigenvalue weighted by molar-refractivity contribution is 6.31. The molecule has 0 radical (unpaired) electrons. The van der Waals surface area contributed by atoms with Crippen LogP contribution in [-0.4, -0.2) is 6.61 Å². The summed E-state index contributed by atoms with van der Waals surface area (Å²) in [5, 5.41) is 9.31. The van der Waals surface area contributed by atoms with Crippen LogP contribution in [0.25, 0.3) is 0 Å². The standard InChI is InChI=1S/C14H18ClNO/c1-3-8-17-14-9-11(2)13(15)10-12(14)6-4-5-7-16/h9-10H,3-6,8H2,1-2H3. The van der Waals surface area contributed by atoms with Crippen molar-refractivity contribution in [3.05, 3.63) is 28.3 Å². The molecule has 2 nitrogen and oxygen atoms in total.